The summed E-state index contributed by atoms with van der Waals surface area (Å²) in [5, 5.41) is 0. The van der Waals surface area contributed by atoms with Crippen molar-refractivity contribution in [3.05, 3.63) is 0 Å². The second-order valence-electron chi connectivity index (χ2n) is 0.955. The summed E-state index contributed by atoms with van der Waals surface area (Å²) in [6.45, 7) is 2.22. The first-order valence-electron chi connectivity index (χ1n) is 1.72. The van der Waals surface area contributed by atoms with Gasteiger partial charge < -0.3 is 0 Å². The summed E-state index contributed by atoms with van der Waals surface area (Å²) in [4.78, 5) is 0. The topological polar surface area (TPSA) is 0 Å². The molecule has 0 aromatic rings. The van der Waals surface area contributed by atoms with Crippen LogP contribution in [0.4, 0.5) is 0 Å². The van der Waals surface area contributed by atoms with Crippen LogP contribution in [0.5, 0.6) is 0 Å². The van der Waals surface area contributed by atoms with Gasteiger partial charge in [0, 0.05) is 0 Å². The molecule has 8 heavy (non-hydrogen) atoms. The Morgan fingerprint density at radius 2 is 1.62 bits per heavy atom. The molecular weight excluding hydrogens is 691 g/mol. The third-order valence-electron chi connectivity index (χ3n) is 0.274. The molecular formula is C2H5I5S. The first-order valence-corrected chi connectivity index (χ1v) is 30.4. The Morgan fingerprint density at radius 3 is 1.62 bits per heavy atom. The quantitative estimate of drug-likeness (QED) is 0.338. The number of hydrogen-bond acceptors (Lipinski definition) is 1. The van der Waals surface area contributed by atoms with Crippen LogP contribution in [0.2, 0.25) is 0 Å². The van der Waals surface area contributed by atoms with Gasteiger partial charge >= 0.3 is 95.8 Å². The summed E-state index contributed by atoms with van der Waals surface area (Å²) in [7, 11) is 2.12. The molecule has 6 heteroatoms. The van der Waals surface area contributed by atoms with Crippen molar-refractivity contribution >= 4 is 83.2 Å². The van der Waals surface area contributed by atoms with Crippen molar-refractivity contribution in [3.63, 3.8) is 0 Å². The molecule has 0 nitrogen and oxygen atoms in total. The van der Waals surface area contributed by atoms with Gasteiger partial charge in [0.05, 0.1) is 0 Å². The zero-order valence-corrected chi connectivity index (χ0v) is 15.6. The van der Waals surface area contributed by atoms with Gasteiger partial charge in [-0.15, -0.1) is 0 Å². The Labute approximate surface area is 92.6 Å². The van der Waals surface area contributed by atoms with E-state index in [1.807, 2.05) is 0 Å². The van der Waals surface area contributed by atoms with Gasteiger partial charge in [-0.2, -0.15) is 0 Å². The fourth-order valence-electron chi connectivity index (χ4n) is 0.165. The Balaban J connectivity index is 3.73. The van der Waals surface area contributed by atoms with E-state index in [4.69, 9.17) is 0 Å². The Morgan fingerprint density at radius 1 is 1.25 bits per heavy atom. The average molecular weight is 696 g/mol. The molecule has 0 spiro atoms. The predicted molar refractivity (Wildman–Crippen MR) is 88.2 cm³/mol. The second kappa shape index (κ2) is 4.30. The van der Waals surface area contributed by atoms with Crippen LogP contribution in [-0.2, 0) is 0 Å². The summed E-state index contributed by atoms with van der Waals surface area (Å²) in [6.07, 6.45) is 0. The van der Waals surface area contributed by atoms with Crippen LogP contribution < -0.4 is 0 Å². The Bertz CT molecular complexity index is 72.9. The molecule has 0 aliphatic heterocycles. The maximum absolute atomic E-state index is 2.62. The van der Waals surface area contributed by atoms with Gasteiger partial charge in [0.2, 0.25) is 0 Å². The molecule has 0 unspecified atom stereocenters. The average Bonchev–Trinajstić information content (AvgIpc) is 1.25. The molecule has 0 heterocycles. The van der Waals surface area contributed by atoms with Crippen molar-refractivity contribution < 1.29 is 0 Å². The molecule has 0 bridgehead atoms. The van der Waals surface area contributed by atoms with Crippen LogP contribution in [0, 0.1) is 0 Å². The first-order chi connectivity index (χ1) is 3.31. The molecule has 0 fully saturated rings. The minimum atomic E-state index is -1.84. The number of halogens is 5. The van der Waals surface area contributed by atoms with Crippen LogP contribution in [0.1, 0.15) is 6.92 Å². The zero-order chi connectivity index (χ0) is 6.86. The van der Waals surface area contributed by atoms with Crippen LogP contribution in [0.3, 0.4) is 0 Å². The molecule has 0 aromatic heterocycles. The monoisotopic (exact) mass is 696 g/mol. The number of hydrogen-bond donors (Lipinski definition) is 0. The SMILES string of the molecule is CCSI(I)(I)(I)I. The van der Waals surface area contributed by atoms with E-state index in [2.05, 4.69) is 90.3 Å². The van der Waals surface area contributed by atoms with Crippen molar-refractivity contribution in [2.45, 2.75) is 6.92 Å². The summed E-state index contributed by atoms with van der Waals surface area (Å²) in [5.41, 5.74) is 0. The van der Waals surface area contributed by atoms with Gasteiger partial charge in [0.25, 0.3) is 0 Å². The normalized spacial score (nSPS) is 17.4. The van der Waals surface area contributed by atoms with E-state index in [9.17, 15) is 0 Å². The summed E-state index contributed by atoms with van der Waals surface area (Å²) in [6, 6.07) is 0. The Hall–Kier alpha value is 4.00. The van der Waals surface area contributed by atoms with Crippen LogP contribution in [-0.4, -0.2) is 5.75 Å². The molecule has 0 aliphatic carbocycles. The molecule has 0 saturated heterocycles. The number of rotatable bonds is 2. The molecule has 54 valence electrons. The molecule has 0 N–H and O–H groups in total. The van der Waals surface area contributed by atoms with E-state index < -0.39 is -0.237 Å². The van der Waals surface area contributed by atoms with Gasteiger partial charge in [0.15, 0.2) is 0 Å². The van der Waals surface area contributed by atoms with Crippen molar-refractivity contribution in [1.29, 1.82) is 0 Å². The van der Waals surface area contributed by atoms with Crippen molar-refractivity contribution in [2.75, 3.05) is 5.75 Å². The molecule has 0 atom stereocenters. The second-order valence-corrected chi connectivity index (χ2v) is 132. The molecule has 0 saturated carbocycles. The standard InChI is InChI=1S/C2H5I5S/c1-2-8-7(3,4,5)6/h2H2,1H3. The third kappa shape index (κ3) is 10.0. The van der Waals surface area contributed by atoms with Gasteiger partial charge in [-0.05, 0) is 0 Å². The van der Waals surface area contributed by atoms with Gasteiger partial charge in [-0.1, -0.05) is 0 Å². The van der Waals surface area contributed by atoms with Gasteiger partial charge in [-0.3, -0.25) is 0 Å². The Kier molecular flexibility index (Phi) is 6.45. The predicted octanol–water partition coefficient (Wildman–Crippen LogP) is 5.63. The summed E-state index contributed by atoms with van der Waals surface area (Å²) in [5.74, 6) is 1.26. The van der Waals surface area contributed by atoms with E-state index in [-0.39, 0.29) is 0 Å². The van der Waals surface area contributed by atoms with Crippen LogP contribution in [0.15, 0.2) is 0 Å². The van der Waals surface area contributed by atoms with E-state index in [0.717, 1.165) is 0 Å². The summed E-state index contributed by atoms with van der Waals surface area (Å²) < 4.78 is -1.84. The third-order valence-corrected chi connectivity index (χ3v) is 24.5. The van der Waals surface area contributed by atoms with E-state index in [0.29, 0.717) is 0 Å². The van der Waals surface area contributed by atoms with Crippen molar-refractivity contribution in [1.82, 2.24) is 0 Å². The minimum absolute atomic E-state index is 1.26. The fraction of sp³-hybridized carbons (Fsp3) is 1.00. The van der Waals surface area contributed by atoms with Crippen molar-refractivity contribution in [2.24, 2.45) is 0 Å². The molecule has 0 rings (SSSR count). The van der Waals surface area contributed by atoms with Gasteiger partial charge in [0.1, 0.15) is 0 Å². The van der Waals surface area contributed by atoms with Gasteiger partial charge in [-0.25, -0.2) is 0 Å². The molecule has 0 radical (unpaired) electrons. The van der Waals surface area contributed by atoms with Crippen LogP contribution >= 0.6 is 83.2 Å². The van der Waals surface area contributed by atoms with E-state index in [1.54, 1.807) is 0 Å². The summed E-state index contributed by atoms with van der Waals surface area (Å²) >= 11 is 10.5. The molecule has 0 aliphatic rings. The maximum atomic E-state index is 2.62. The molecule has 0 amide bonds. The van der Waals surface area contributed by atoms with E-state index >= 15 is 0 Å². The van der Waals surface area contributed by atoms with E-state index in [1.165, 1.54) is 5.75 Å². The van der Waals surface area contributed by atoms with Crippen LogP contribution in [0.25, 0.3) is 0 Å². The zero-order valence-electron chi connectivity index (χ0n) is 4.01. The molecule has 0 aromatic carbocycles. The first kappa shape index (κ1) is 12.0. The fourth-order valence-corrected chi connectivity index (χ4v) is 22.3. The van der Waals surface area contributed by atoms with Crippen molar-refractivity contribution in [3.8, 4) is 0 Å².